The first kappa shape index (κ1) is 18.4. The number of carbonyl (C=O) groups excluding carboxylic acids is 2. The van der Waals surface area contributed by atoms with Gasteiger partial charge in [0, 0.05) is 25.0 Å². The quantitative estimate of drug-likeness (QED) is 0.758. The van der Waals surface area contributed by atoms with E-state index in [2.05, 4.69) is 27.7 Å². The van der Waals surface area contributed by atoms with E-state index < -0.39 is 6.03 Å². The van der Waals surface area contributed by atoms with Gasteiger partial charge < -0.3 is 11.1 Å². The van der Waals surface area contributed by atoms with E-state index in [1.54, 1.807) is 0 Å². The van der Waals surface area contributed by atoms with Gasteiger partial charge in [0.25, 0.3) is 0 Å². The predicted octanol–water partition coefficient (Wildman–Crippen LogP) is 1.28. The topological polar surface area (TPSA) is 87.5 Å². The Morgan fingerprint density at radius 3 is 2.46 bits per heavy atom. The monoisotopic (exact) mass is 332 g/mol. The van der Waals surface area contributed by atoms with Gasteiger partial charge in [-0.1, -0.05) is 30.3 Å². The summed E-state index contributed by atoms with van der Waals surface area (Å²) in [5.41, 5.74) is 7.19. The van der Waals surface area contributed by atoms with Crippen molar-refractivity contribution in [3.05, 3.63) is 35.9 Å². The summed E-state index contributed by atoms with van der Waals surface area (Å²) < 4.78 is 0. The van der Waals surface area contributed by atoms with Crippen molar-refractivity contribution in [2.24, 2.45) is 11.7 Å². The number of nitrogens with two attached hydrogens (primary N) is 1. The van der Waals surface area contributed by atoms with Gasteiger partial charge in [-0.3, -0.25) is 15.0 Å². The van der Waals surface area contributed by atoms with Crippen LogP contribution in [0.25, 0.3) is 0 Å². The third kappa shape index (κ3) is 4.55. The molecule has 0 saturated carbocycles. The largest absolute Gasteiger partial charge is 0.336 e. The smallest absolute Gasteiger partial charge is 0.321 e. The molecule has 1 aromatic carbocycles. The lowest BCUT2D eigenvalue weighted by molar-refractivity contribution is -0.124. The highest BCUT2D eigenvalue weighted by Gasteiger charge is 2.37. The number of carbonyl (C=O) groups is 2. The second-order valence-corrected chi connectivity index (χ2v) is 6.76. The van der Waals surface area contributed by atoms with E-state index in [9.17, 15) is 9.59 Å². The Balaban J connectivity index is 1.99. The van der Waals surface area contributed by atoms with Gasteiger partial charge >= 0.3 is 6.03 Å². The molecular formula is C18H28N4O2. The SMILES string of the molecule is CC(C)NC(=O)NC(=O)C(C)N1C[C@@H](CN)[C@H](c2ccccc2)C1. The zero-order valence-corrected chi connectivity index (χ0v) is 14.7. The molecule has 1 unspecified atom stereocenters. The Morgan fingerprint density at radius 2 is 1.88 bits per heavy atom. The first-order valence-electron chi connectivity index (χ1n) is 8.52. The average Bonchev–Trinajstić information content (AvgIpc) is 2.98. The summed E-state index contributed by atoms with van der Waals surface area (Å²) in [6.07, 6.45) is 0. The number of rotatable bonds is 5. The Morgan fingerprint density at radius 1 is 1.21 bits per heavy atom. The van der Waals surface area contributed by atoms with Gasteiger partial charge in [-0.05, 0) is 38.8 Å². The maximum absolute atomic E-state index is 12.3. The fraction of sp³-hybridized carbons (Fsp3) is 0.556. The molecule has 0 spiro atoms. The number of amides is 3. The number of nitrogens with one attached hydrogen (secondary N) is 2. The second kappa shape index (κ2) is 8.26. The lowest BCUT2D eigenvalue weighted by Gasteiger charge is -2.23. The van der Waals surface area contributed by atoms with E-state index in [0.717, 1.165) is 13.1 Å². The van der Waals surface area contributed by atoms with Crippen LogP contribution in [-0.4, -0.2) is 48.6 Å². The first-order chi connectivity index (χ1) is 11.4. The molecule has 4 N–H and O–H groups in total. The molecule has 24 heavy (non-hydrogen) atoms. The van der Waals surface area contributed by atoms with Crippen LogP contribution in [0.1, 0.15) is 32.3 Å². The lowest BCUT2D eigenvalue weighted by Crippen LogP contribution is -2.50. The van der Waals surface area contributed by atoms with Gasteiger partial charge in [-0.2, -0.15) is 0 Å². The number of hydrogen-bond donors (Lipinski definition) is 3. The molecule has 1 fully saturated rings. The van der Waals surface area contributed by atoms with Crippen molar-refractivity contribution in [1.29, 1.82) is 0 Å². The molecule has 1 aliphatic rings. The van der Waals surface area contributed by atoms with Crippen LogP contribution in [-0.2, 0) is 4.79 Å². The molecular weight excluding hydrogens is 304 g/mol. The van der Waals surface area contributed by atoms with Crippen molar-refractivity contribution in [3.8, 4) is 0 Å². The van der Waals surface area contributed by atoms with E-state index in [4.69, 9.17) is 5.73 Å². The molecule has 0 bridgehead atoms. The number of urea groups is 1. The van der Waals surface area contributed by atoms with Crippen LogP contribution in [0.15, 0.2) is 30.3 Å². The highest BCUT2D eigenvalue weighted by molar-refractivity contribution is 5.96. The van der Waals surface area contributed by atoms with Gasteiger partial charge in [0.15, 0.2) is 0 Å². The number of likely N-dealkylation sites (tertiary alicyclic amines) is 1. The van der Waals surface area contributed by atoms with E-state index >= 15 is 0 Å². The molecule has 3 atom stereocenters. The summed E-state index contributed by atoms with van der Waals surface area (Å²) in [6.45, 7) is 7.65. The summed E-state index contributed by atoms with van der Waals surface area (Å²) in [5.74, 6) is 0.348. The summed E-state index contributed by atoms with van der Waals surface area (Å²) in [6, 6.07) is 9.44. The standard InChI is InChI=1S/C18H28N4O2/c1-12(2)20-18(24)21-17(23)13(3)22-10-15(9-19)16(11-22)14-7-5-4-6-8-14/h4-8,12-13,15-16H,9-11,19H2,1-3H3,(H2,20,21,23,24)/t13?,15-,16+/m1/s1. The van der Waals surface area contributed by atoms with Crippen molar-refractivity contribution < 1.29 is 9.59 Å². The van der Waals surface area contributed by atoms with Crippen LogP contribution in [0.2, 0.25) is 0 Å². The number of hydrogen-bond acceptors (Lipinski definition) is 4. The maximum atomic E-state index is 12.3. The molecule has 3 amide bonds. The van der Waals surface area contributed by atoms with Crippen LogP contribution in [0.4, 0.5) is 4.79 Å². The van der Waals surface area contributed by atoms with E-state index in [-0.39, 0.29) is 18.0 Å². The van der Waals surface area contributed by atoms with E-state index in [1.165, 1.54) is 5.56 Å². The summed E-state index contributed by atoms with van der Waals surface area (Å²) in [7, 11) is 0. The van der Waals surface area contributed by atoms with Crippen LogP contribution in [0.5, 0.6) is 0 Å². The van der Waals surface area contributed by atoms with Gasteiger partial charge in [0.1, 0.15) is 0 Å². The molecule has 6 heteroatoms. The van der Waals surface area contributed by atoms with Crippen LogP contribution in [0.3, 0.4) is 0 Å². The van der Waals surface area contributed by atoms with Crippen molar-refractivity contribution in [2.75, 3.05) is 19.6 Å². The normalized spacial score (nSPS) is 22.4. The Bertz CT molecular complexity index is 561. The molecule has 132 valence electrons. The minimum atomic E-state index is -0.448. The van der Waals surface area contributed by atoms with Crippen molar-refractivity contribution in [1.82, 2.24) is 15.5 Å². The third-order valence-electron chi connectivity index (χ3n) is 4.58. The molecule has 6 nitrogen and oxygen atoms in total. The minimum absolute atomic E-state index is 0.0102. The van der Waals surface area contributed by atoms with Gasteiger partial charge in [0.2, 0.25) is 5.91 Å². The number of imide groups is 1. The molecule has 2 rings (SSSR count). The van der Waals surface area contributed by atoms with Crippen molar-refractivity contribution in [3.63, 3.8) is 0 Å². The maximum Gasteiger partial charge on any atom is 0.321 e. The van der Waals surface area contributed by atoms with Crippen molar-refractivity contribution >= 4 is 11.9 Å². The van der Waals surface area contributed by atoms with Crippen LogP contribution in [0, 0.1) is 5.92 Å². The minimum Gasteiger partial charge on any atom is -0.336 e. The second-order valence-electron chi connectivity index (χ2n) is 6.76. The Kier molecular flexibility index (Phi) is 6.34. The van der Waals surface area contributed by atoms with Crippen molar-refractivity contribution in [2.45, 2.75) is 38.8 Å². The third-order valence-corrected chi connectivity index (χ3v) is 4.58. The highest BCUT2D eigenvalue weighted by atomic mass is 16.2. The molecule has 0 aromatic heterocycles. The summed E-state index contributed by atoms with van der Waals surface area (Å²) in [5, 5.41) is 5.08. The average molecular weight is 332 g/mol. The van der Waals surface area contributed by atoms with E-state index in [1.807, 2.05) is 39.0 Å². The van der Waals surface area contributed by atoms with Gasteiger partial charge in [-0.25, -0.2) is 4.79 Å². The van der Waals surface area contributed by atoms with Gasteiger partial charge in [-0.15, -0.1) is 0 Å². The predicted molar refractivity (Wildman–Crippen MR) is 94.6 cm³/mol. The molecule has 0 aliphatic carbocycles. The molecule has 0 radical (unpaired) electrons. The molecule has 1 aromatic rings. The Labute approximate surface area is 143 Å². The lowest BCUT2D eigenvalue weighted by atomic mass is 9.89. The number of nitrogens with zero attached hydrogens (tertiary/aromatic N) is 1. The van der Waals surface area contributed by atoms with Gasteiger partial charge in [0.05, 0.1) is 6.04 Å². The molecule has 1 saturated heterocycles. The van der Waals surface area contributed by atoms with E-state index in [0.29, 0.717) is 18.4 Å². The zero-order chi connectivity index (χ0) is 17.7. The molecule has 1 heterocycles. The fourth-order valence-corrected chi connectivity index (χ4v) is 3.22. The fourth-order valence-electron chi connectivity index (χ4n) is 3.22. The van der Waals surface area contributed by atoms with Crippen LogP contribution >= 0.6 is 0 Å². The summed E-state index contributed by atoms with van der Waals surface area (Å²) in [4.78, 5) is 26.1. The highest BCUT2D eigenvalue weighted by Crippen LogP contribution is 2.32. The first-order valence-corrected chi connectivity index (χ1v) is 8.52. The summed E-state index contributed by atoms with van der Waals surface area (Å²) >= 11 is 0. The van der Waals surface area contributed by atoms with Crippen LogP contribution < -0.4 is 16.4 Å². The molecule has 1 aliphatic heterocycles. The zero-order valence-electron chi connectivity index (χ0n) is 14.7. The Hall–Kier alpha value is -1.92. The number of benzene rings is 1.